The lowest BCUT2D eigenvalue weighted by Gasteiger charge is -2.10. The Morgan fingerprint density at radius 3 is 2.64 bits per heavy atom. The van der Waals surface area contributed by atoms with Crippen LogP contribution in [0.3, 0.4) is 0 Å². The molecule has 2 N–H and O–H groups in total. The summed E-state index contributed by atoms with van der Waals surface area (Å²) < 4.78 is 13.2. The Labute approximate surface area is 90.2 Å². The summed E-state index contributed by atoms with van der Waals surface area (Å²) in [6, 6.07) is 6.40. The van der Waals surface area contributed by atoms with E-state index in [0.717, 1.165) is 12.8 Å². The molecular weight excluding hydrogens is 201 g/mol. The normalized spacial score (nSPS) is 11.6. The molecule has 0 radical (unpaired) electrons. The minimum Gasteiger partial charge on any atom is -0.324 e. The fourth-order valence-corrected chi connectivity index (χ4v) is 1.23. The smallest absolute Gasteiger partial charge is 0.127 e. The zero-order valence-electron chi connectivity index (χ0n) is 7.95. The average molecular weight is 216 g/mol. The first kappa shape index (κ1) is 13.1. The molecule has 14 heavy (non-hydrogen) atoms. The predicted molar refractivity (Wildman–Crippen MR) is 60.0 cm³/mol. The largest absolute Gasteiger partial charge is 0.324 e. The average Bonchev–Trinajstić information content (AvgIpc) is 2.15. The van der Waals surface area contributed by atoms with Crippen molar-refractivity contribution in [3.63, 3.8) is 0 Å². The minimum absolute atomic E-state index is 0. The molecule has 1 aromatic rings. The van der Waals surface area contributed by atoms with E-state index >= 15 is 0 Å². The van der Waals surface area contributed by atoms with Gasteiger partial charge in [-0.25, -0.2) is 4.39 Å². The van der Waals surface area contributed by atoms with E-state index in [-0.39, 0.29) is 24.3 Å². The van der Waals surface area contributed by atoms with Crippen LogP contribution in [-0.4, -0.2) is 0 Å². The van der Waals surface area contributed by atoms with Crippen LogP contribution in [0.2, 0.25) is 0 Å². The molecule has 0 spiro atoms. The number of nitrogens with two attached hydrogens (primary N) is 1. The quantitative estimate of drug-likeness (QED) is 0.767. The third-order valence-corrected chi connectivity index (χ3v) is 1.99. The summed E-state index contributed by atoms with van der Waals surface area (Å²) >= 11 is 0. The Morgan fingerprint density at radius 1 is 1.43 bits per heavy atom. The molecule has 0 aromatic heterocycles. The molecule has 0 aliphatic heterocycles. The summed E-state index contributed by atoms with van der Waals surface area (Å²) in [5.41, 5.74) is 6.38. The van der Waals surface area contributed by atoms with E-state index in [1.807, 2.05) is 0 Å². The number of hydrogen-bond acceptors (Lipinski definition) is 1. The maximum absolute atomic E-state index is 13.2. The first-order valence-electron chi connectivity index (χ1n) is 4.36. The molecule has 0 fully saturated rings. The van der Waals surface area contributed by atoms with Gasteiger partial charge in [-0.3, -0.25) is 0 Å². The van der Waals surface area contributed by atoms with Gasteiger partial charge in [-0.05, 0) is 18.9 Å². The lowest BCUT2D eigenvalue weighted by molar-refractivity contribution is 0.566. The van der Waals surface area contributed by atoms with E-state index in [0.29, 0.717) is 5.56 Å². The fourth-order valence-electron chi connectivity index (χ4n) is 1.23. The predicted octanol–water partition coefficient (Wildman–Crippen LogP) is 3.21. The van der Waals surface area contributed by atoms with Crippen LogP contribution >= 0.6 is 12.4 Å². The lowest BCUT2D eigenvalue weighted by atomic mass is 10.0. The third kappa shape index (κ3) is 3.48. The van der Waals surface area contributed by atoms with E-state index in [2.05, 4.69) is 6.58 Å². The summed E-state index contributed by atoms with van der Waals surface area (Å²) in [6.45, 7) is 3.60. The first-order chi connectivity index (χ1) is 6.25. The van der Waals surface area contributed by atoms with Crippen LogP contribution in [0, 0.1) is 5.82 Å². The van der Waals surface area contributed by atoms with Crippen molar-refractivity contribution < 1.29 is 4.39 Å². The van der Waals surface area contributed by atoms with Crippen molar-refractivity contribution in [2.75, 3.05) is 0 Å². The Bertz CT molecular complexity index is 288. The van der Waals surface area contributed by atoms with Crippen LogP contribution in [0.5, 0.6) is 0 Å². The van der Waals surface area contributed by atoms with E-state index in [1.165, 1.54) is 6.07 Å². The second-order valence-corrected chi connectivity index (χ2v) is 2.99. The highest BCUT2D eigenvalue weighted by Crippen LogP contribution is 2.18. The summed E-state index contributed by atoms with van der Waals surface area (Å²) in [5.74, 6) is -0.223. The van der Waals surface area contributed by atoms with Crippen molar-refractivity contribution in [3.05, 3.63) is 48.3 Å². The van der Waals surface area contributed by atoms with Gasteiger partial charge in [0, 0.05) is 11.6 Å². The second kappa shape index (κ2) is 6.57. The molecule has 1 atom stereocenters. The van der Waals surface area contributed by atoms with Crippen LogP contribution in [0.25, 0.3) is 0 Å². The van der Waals surface area contributed by atoms with Crippen molar-refractivity contribution in [3.8, 4) is 0 Å². The van der Waals surface area contributed by atoms with Gasteiger partial charge in [-0.15, -0.1) is 19.0 Å². The monoisotopic (exact) mass is 215 g/mol. The molecule has 1 nitrogen and oxygen atoms in total. The molecule has 0 amide bonds. The second-order valence-electron chi connectivity index (χ2n) is 2.99. The van der Waals surface area contributed by atoms with Crippen molar-refractivity contribution in [1.29, 1.82) is 0 Å². The highest BCUT2D eigenvalue weighted by molar-refractivity contribution is 5.85. The Kier molecular flexibility index (Phi) is 6.17. The molecule has 78 valence electrons. The number of rotatable bonds is 4. The summed E-state index contributed by atoms with van der Waals surface area (Å²) in [6.07, 6.45) is 3.35. The SMILES string of the molecule is C=CCC[C@@H](N)c1ccccc1F.Cl. The molecule has 1 rings (SSSR count). The van der Waals surface area contributed by atoms with Gasteiger partial charge in [0.25, 0.3) is 0 Å². The van der Waals surface area contributed by atoms with Crippen LogP contribution in [0.15, 0.2) is 36.9 Å². The number of benzene rings is 1. The molecule has 0 bridgehead atoms. The molecule has 0 unspecified atom stereocenters. The van der Waals surface area contributed by atoms with Gasteiger partial charge in [0.05, 0.1) is 0 Å². The highest BCUT2D eigenvalue weighted by Gasteiger charge is 2.08. The molecule has 0 aliphatic rings. The Hall–Kier alpha value is -0.860. The van der Waals surface area contributed by atoms with Crippen molar-refractivity contribution in [2.45, 2.75) is 18.9 Å². The molecule has 3 heteroatoms. The summed E-state index contributed by atoms with van der Waals surface area (Å²) in [4.78, 5) is 0. The minimum atomic E-state index is -0.223. The standard InChI is InChI=1S/C11H14FN.ClH/c1-2-3-8-11(13)9-6-4-5-7-10(9)12;/h2,4-7,11H,1,3,8,13H2;1H/t11-;/m1./s1. The third-order valence-electron chi connectivity index (χ3n) is 1.99. The Morgan fingerprint density at radius 2 is 2.07 bits per heavy atom. The van der Waals surface area contributed by atoms with Gasteiger partial charge in [-0.1, -0.05) is 24.3 Å². The van der Waals surface area contributed by atoms with E-state index in [4.69, 9.17) is 5.73 Å². The molecular formula is C11H15ClFN. The van der Waals surface area contributed by atoms with Crippen molar-refractivity contribution in [1.82, 2.24) is 0 Å². The molecule has 0 saturated heterocycles. The lowest BCUT2D eigenvalue weighted by Crippen LogP contribution is -2.11. The van der Waals surface area contributed by atoms with Crippen LogP contribution in [0.4, 0.5) is 4.39 Å². The molecule has 0 saturated carbocycles. The number of hydrogen-bond donors (Lipinski definition) is 1. The van der Waals surface area contributed by atoms with Crippen LogP contribution in [-0.2, 0) is 0 Å². The van der Waals surface area contributed by atoms with E-state index < -0.39 is 0 Å². The van der Waals surface area contributed by atoms with Crippen LogP contribution in [0.1, 0.15) is 24.4 Å². The maximum Gasteiger partial charge on any atom is 0.127 e. The Balaban J connectivity index is 0.00000169. The van der Waals surface area contributed by atoms with Crippen LogP contribution < -0.4 is 5.73 Å². The van der Waals surface area contributed by atoms with Gasteiger partial charge in [0.15, 0.2) is 0 Å². The topological polar surface area (TPSA) is 26.0 Å². The molecule has 0 aliphatic carbocycles. The van der Waals surface area contributed by atoms with Crippen molar-refractivity contribution in [2.24, 2.45) is 5.73 Å². The van der Waals surface area contributed by atoms with Gasteiger partial charge in [-0.2, -0.15) is 0 Å². The summed E-state index contributed by atoms with van der Waals surface area (Å²) in [5, 5.41) is 0. The first-order valence-corrected chi connectivity index (χ1v) is 4.36. The van der Waals surface area contributed by atoms with Gasteiger partial charge in [0.2, 0.25) is 0 Å². The van der Waals surface area contributed by atoms with Gasteiger partial charge >= 0.3 is 0 Å². The zero-order chi connectivity index (χ0) is 9.68. The fraction of sp³-hybridized carbons (Fsp3) is 0.273. The molecule has 1 aromatic carbocycles. The van der Waals surface area contributed by atoms with Crippen molar-refractivity contribution >= 4 is 12.4 Å². The number of allylic oxidation sites excluding steroid dienone is 1. The van der Waals surface area contributed by atoms with E-state index in [1.54, 1.807) is 24.3 Å². The van der Waals surface area contributed by atoms with Gasteiger partial charge < -0.3 is 5.73 Å². The summed E-state index contributed by atoms with van der Waals surface area (Å²) in [7, 11) is 0. The zero-order valence-corrected chi connectivity index (χ0v) is 8.77. The number of halogens is 2. The highest BCUT2D eigenvalue weighted by atomic mass is 35.5. The van der Waals surface area contributed by atoms with E-state index in [9.17, 15) is 4.39 Å². The maximum atomic E-state index is 13.2. The molecule has 0 heterocycles. The van der Waals surface area contributed by atoms with Gasteiger partial charge in [0.1, 0.15) is 5.82 Å².